The maximum Gasteiger partial charge on any atom is 0.160 e. The zero-order valence-corrected chi connectivity index (χ0v) is 14.9. The van der Waals surface area contributed by atoms with Crippen LogP contribution in [0.5, 0.6) is 0 Å². The lowest BCUT2D eigenvalue weighted by Gasteiger charge is -2.20. The minimum atomic E-state index is -0.233. The summed E-state index contributed by atoms with van der Waals surface area (Å²) in [6.07, 6.45) is 5.52. The van der Waals surface area contributed by atoms with Crippen molar-refractivity contribution in [2.75, 3.05) is 0 Å². The first-order chi connectivity index (χ1) is 12.2. The lowest BCUT2D eigenvalue weighted by atomic mass is 9.86. The Morgan fingerprint density at radius 3 is 2.69 bits per heavy atom. The van der Waals surface area contributed by atoms with E-state index < -0.39 is 0 Å². The molecule has 5 rings (SSSR count). The predicted molar refractivity (Wildman–Crippen MR) is 102 cm³/mol. The lowest BCUT2D eigenvalue weighted by Crippen LogP contribution is -2.08. The molecule has 0 saturated heterocycles. The summed E-state index contributed by atoms with van der Waals surface area (Å²) in [5.74, 6) is -0.233. The van der Waals surface area contributed by atoms with E-state index in [4.69, 9.17) is 4.98 Å². The summed E-state index contributed by atoms with van der Waals surface area (Å²) in [7, 11) is 1.93. The van der Waals surface area contributed by atoms with Gasteiger partial charge in [-0.05, 0) is 53.8 Å². The molecule has 0 amide bonds. The van der Waals surface area contributed by atoms with Crippen molar-refractivity contribution in [3.8, 4) is 22.4 Å². The topological polar surface area (TPSA) is 43.6 Å². The van der Waals surface area contributed by atoms with Gasteiger partial charge in [-0.3, -0.25) is 4.68 Å². The van der Waals surface area contributed by atoms with E-state index in [1.165, 1.54) is 17.7 Å². The molecule has 0 N–H and O–H groups in total. The van der Waals surface area contributed by atoms with E-state index in [1.54, 1.807) is 6.20 Å². The maximum absolute atomic E-state index is 13.4. The molecule has 4 aromatic rings. The van der Waals surface area contributed by atoms with Gasteiger partial charge in [0.2, 0.25) is 0 Å². The van der Waals surface area contributed by atoms with Gasteiger partial charge in [0.25, 0.3) is 0 Å². The van der Waals surface area contributed by atoms with Crippen molar-refractivity contribution in [2.24, 2.45) is 7.05 Å². The average molecular weight is 367 g/mol. The molecule has 3 heterocycles. The Balaban J connectivity index is 0.00000168. The number of fused-ring (bicyclic) bond motifs is 4. The molecular weight excluding hydrogens is 351 g/mol. The fraction of sp³-hybridized carbons (Fsp3) is 0.150. The molecule has 0 aliphatic heterocycles. The Kier molecular flexibility index (Phi) is 3.96. The number of aryl methyl sites for hydroxylation is 2. The third-order valence-corrected chi connectivity index (χ3v) is 4.77. The van der Waals surface area contributed by atoms with Gasteiger partial charge in [-0.1, -0.05) is 12.1 Å². The third kappa shape index (κ3) is 2.47. The number of rotatable bonds is 1. The molecule has 0 fully saturated rings. The summed E-state index contributed by atoms with van der Waals surface area (Å²) in [5, 5.41) is 5.55. The predicted octanol–water partition coefficient (Wildman–Crippen LogP) is 4.36. The smallest absolute Gasteiger partial charge is 0.160 e. The highest BCUT2D eigenvalue weighted by Crippen LogP contribution is 2.40. The molecule has 0 unspecified atom stereocenters. The van der Waals surface area contributed by atoms with Gasteiger partial charge in [0.1, 0.15) is 5.82 Å². The van der Waals surface area contributed by atoms with Gasteiger partial charge in [-0.2, -0.15) is 5.10 Å². The van der Waals surface area contributed by atoms with Crippen LogP contribution in [0.4, 0.5) is 4.39 Å². The molecular formula is C20H16ClFN4. The first-order valence-corrected chi connectivity index (χ1v) is 8.27. The van der Waals surface area contributed by atoms with Crippen LogP contribution in [0.2, 0.25) is 0 Å². The molecule has 0 spiro atoms. The number of nitrogens with zero attached hydrogens (tertiary/aromatic N) is 4. The first-order valence-electron chi connectivity index (χ1n) is 8.27. The number of aromatic nitrogens is 4. The minimum absolute atomic E-state index is 0. The van der Waals surface area contributed by atoms with Crippen molar-refractivity contribution < 1.29 is 4.39 Å². The second kappa shape index (κ2) is 6.18. The first kappa shape index (κ1) is 16.7. The second-order valence-electron chi connectivity index (χ2n) is 6.36. The molecule has 3 aromatic heterocycles. The van der Waals surface area contributed by atoms with Crippen LogP contribution >= 0.6 is 12.4 Å². The van der Waals surface area contributed by atoms with Gasteiger partial charge in [-0.15, -0.1) is 12.4 Å². The van der Waals surface area contributed by atoms with E-state index in [0.29, 0.717) is 5.65 Å². The minimum Gasteiger partial charge on any atom is -0.275 e. The van der Waals surface area contributed by atoms with Gasteiger partial charge in [0.05, 0.1) is 11.4 Å². The zero-order valence-electron chi connectivity index (χ0n) is 14.1. The second-order valence-corrected chi connectivity index (χ2v) is 6.36. The number of halogens is 2. The SMILES string of the molecule is Cl.Cn1cc2c(n1)CCc1c-2nc2ncccc2c1-c1ccc(F)cc1. The molecule has 0 bridgehead atoms. The molecule has 0 radical (unpaired) electrons. The van der Waals surface area contributed by atoms with Crippen LogP contribution in [0.15, 0.2) is 48.8 Å². The van der Waals surface area contributed by atoms with Crippen molar-refractivity contribution in [3.05, 3.63) is 65.9 Å². The lowest BCUT2D eigenvalue weighted by molar-refractivity contribution is 0.628. The molecule has 6 heteroatoms. The fourth-order valence-corrected chi connectivity index (χ4v) is 3.71. The van der Waals surface area contributed by atoms with Gasteiger partial charge >= 0.3 is 0 Å². The fourth-order valence-electron chi connectivity index (χ4n) is 3.71. The molecule has 0 saturated carbocycles. The van der Waals surface area contributed by atoms with Crippen LogP contribution in [0, 0.1) is 5.82 Å². The molecule has 4 nitrogen and oxygen atoms in total. The van der Waals surface area contributed by atoms with Gasteiger partial charge < -0.3 is 0 Å². The maximum atomic E-state index is 13.4. The van der Waals surface area contributed by atoms with Crippen LogP contribution in [-0.2, 0) is 19.9 Å². The summed E-state index contributed by atoms with van der Waals surface area (Å²) < 4.78 is 15.3. The summed E-state index contributed by atoms with van der Waals surface area (Å²) >= 11 is 0. The van der Waals surface area contributed by atoms with Crippen LogP contribution in [0.3, 0.4) is 0 Å². The van der Waals surface area contributed by atoms with E-state index in [0.717, 1.165) is 46.3 Å². The number of hydrogen-bond donors (Lipinski definition) is 0. The van der Waals surface area contributed by atoms with Crippen molar-refractivity contribution >= 4 is 23.4 Å². The largest absolute Gasteiger partial charge is 0.275 e. The monoisotopic (exact) mass is 366 g/mol. The van der Waals surface area contributed by atoms with Crippen LogP contribution in [0.25, 0.3) is 33.4 Å². The molecule has 0 atom stereocenters. The molecule has 1 aliphatic rings. The molecule has 26 heavy (non-hydrogen) atoms. The Labute approximate surface area is 156 Å². The number of pyridine rings is 2. The van der Waals surface area contributed by atoms with Crippen LogP contribution in [-0.4, -0.2) is 19.7 Å². The number of benzene rings is 1. The van der Waals surface area contributed by atoms with Crippen molar-refractivity contribution in [2.45, 2.75) is 12.8 Å². The number of hydrogen-bond acceptors (Lipinski definition) is 3. The van der Waals surface area contributed by atoms with Crippen LogP contribution < -0.4 is 0 Å². The van der Waals surface area contributed by atoms with Crippen LogP contribution in [0.1, 0.15) is 11.3 Å². The molecule has 130 valence electrons. The highest BCUT2D eigenvalue weighted by molar-refractivity contribution is 5.98. The Hall–Kier alpha value is -2.79. The zero-order chi connectivity index (χ0) is 17.0. The molecule has 1 aliphatic carbocycles. The standard InChI is InChI=1S/C20H15FN4.ClH/c1-25-11-16-17(24-25)9-8-14-18(12-4-6-13(21)7-5-12)15-3-2-10-22-20(15)23-19(14)16;/h2-7,10-11H,8-9H2,1H3;1H. The highest BCUT2D eigenvalue weighted by Gasteiger charge is 2.25. The summed E-state index contributed by atoms with van der Waals surface area (Å²) in [6, 6.07) is 10.6. The summed E-state index contributed by atoms with van der Waals surface area (Å²) in [6.45, 7) is 0. The van der Waals surface area contributed by atoms with Crippen molar-refractivity contribution in [1.29, 1.82) is 0 Å². The van der Waals surface area contributed by atoms with Crippen molar-refractivity contribution in [3.63, 3.8) is 0 Å². The van der Waals surface area contributed by atoms with Gasteiger partial charge in [-0.25, -0.2) is 14.4 Å². The summed E-state index contributed by atoms with van der Waals surface area (Å²) in [5.41, 5.74) is 7.07. The van der Waals surface area contributed by atoms with E-state index in [-0.39, 0.29) is 18.2 Å². The van der Waals surface area contributed by atoms with E-state index in [2.05, 4.69) is 10.1 Å². The third-order valence-electron chi connectivity index (χ3n) is 4.77. The summed E-state index contributed by atoms with van der Waals surface area (Å²) in [4.78, 5) is 9.30. The van der Waals surface area contributed by atoms with Crippen molar-refractivity contribution in [1.82, 2.24) is 19.7 Å². The Morgan fingerprint density at radius 1 is 1.08 bits per heavy atom. The van der Waals surface area contributed by atoms with E-state index in [1.807, 2.05) is 42.2 Å². The quantitative estimate of drug-likeness (QED) is 0.503. The van der Waals surface area contributed by atoms with E-state index >= 15 is 0 Å². The van der Waals surface area contributed by atoms with Gasteiger partial charge in [0.15, 0.2) is 5.65 Å². The highest BCUT2D eigenvalue weighted by atomic mass is 35.5. The Bertz CT molecular complexity index is 1120. The Morgan fingerprint density at radius 2 is 1.88 bits per heavy atom. The van der Waals surface area contributed by atoms with E-state index in [9.17, 15) is 4.39 Å². The van der Waals surface area contributed by atoms with Gasteiger partial charge in [0, 0.05) is 30.4 Å². The average Bonchev–Trinajstić information content (AvgIpc) is 3.01. The normalized spacial score (nSPS) is 12.4. The molecule has 1 aromatic carbocycles.